The molecule has 0 fully saturated rings. The van der Waals surface area contributed by atoms with E-state index in [1.165, 1.54) is 13.3 Å². The largest absolute Gasteiger partial charge is 0.469 e. The van der Waals surface area contributed by atoms with Gasteiger partial charge in [0.2, 0.25) is 0 Å². The van der Waals surface area contributed by atoms with Crippen LogP contribution < -0.4 is 5.32 Å². The molecule has 6 nitrogen and oxygen atoms in total. The van der Waals surface area contributed by atoms with Crippen LogP contribution in [0.25, 0.3) is 11.3 Å². The van der Waals surface area contributed by atoms with E-state index >= 15 is 0 Å². The molecule has 0 saturated carbocycles. The van der Waals surface area contributed by atoms with Crippen LogP contribution >= 0.6 is 11.6 Å². The van der Waals surface area contributed by atoms with Crippen LogP contribution in [-0.2, 0) is 9.53 Å². The Hall–Kier alpha value is -2.34. The number of methoxy groups -OCH3 is 1. The van der Waals surface area contributed by atoms with Crippen molar-refractivity contribution in [3.8, 4) is 11.3 Å². The van der Waals surface area contributed by atoms with Gasteiger partial charge >= 0.3 is 5.97 Å². The van der Waals surface area contributed by atoms with E-state index in [-0.39, 0.29) is 18.4 Å². The zero-order valence-corrected chi connectivity index (χ0v) is 13.0. The third kappa shape index (κ3) is 3.46. The summed E-state index contributed by atoms with van der Waals surface area (Å²) in [4.78, 5) is 23.6. The van der Waals surface area contributed by atoms with Crippen molar-refractivity contribution in [2.45, 2.75) is 6.92 Å². The molecular weight excluding hydrogens is 306 g/mol. The second-order valence-corrected chi connectivity index (χ2v) is 5.18. The van der Waals surface area contributed by atoms with E-state index in [1.54, 1.807) is 25.1 Å². The number of H-pyrrole nitrogens is 1. The maximum Gasteiger partial charge on any atom is 0.310 e. The monoisotopic (exact) mass is 321 g/mol. The van der Waals surface area contributed by atoms with E-state index in [1.807, 2.05) is 6.07 Å². The molecule has 1 unspecified atom stereocenters. The van der Waals surface area contributed by atoms with Gasteiger partial charge in [-0.25, -0.2) is 0 Å². The van der Waals surface area contributed by atoms with Gasteiger partial charge in [-0.15, -0.1) is 0 Å². The Kier molecular flexibility index (Phi) is 5.16. The summed E-state index contributed by atoms with van der Waals surface area (Å²) in [7, 11) is 1.31. The molecule has 1 aromatic heterocycles. The lowest BCUT2D eigenvalue weighted by Gasteiger charge is -2.11. The maximum absolute atomic E-state index is 12.3. The third-order valence-electron chi connectivity index (χ3n) is 3.20. The molecule has 7 heteroatoms. The molecule has 1 amide bonds. The summed E-state index contributed by atoms with van der Waals surface area (Å²) in [6.07, 6.45) is 1.43. The lowest BCUT2D eigenvalue weighted by Crippen LogP contribution is -2.32. The average Bonchev–Trinajstić information content (AvgIpc) is 3.01. The van der Waals surface area contributed by atoms with Crippen molar-refractivity contribution in [3.63, 3.8) is 0 Å². The molecule has 1 aromatic carbocycles. The summed E-state index contributed by atoms with van der Waals surface area (Å²) in [5.41, 5.74) is 1.59. The molecule has 0 bridgehead atoms. The fourth-order valence-corrected chi connectivity index (χ4v) is 2.18. The zero-order chi connectivity index (χ0) is 16.1. The lowest BCUT2D eigenvalue weighted by molar-refractivity contribution is -0.144. The molecule has 1 heterocycles. The zero-order valence-electron chi connectivity index (χ0n) is 12.2. The number of carbonyl (C=O) groups is 2. The predicted molar refractivity (Wildman–Crippen MR) is 82.5 cm³/mol. The van der Waals surface area contributed by atoms with Gasteiger partial charge < -0.3 is 10.1 Å². The van der Waals surface area contributed by atoms with Gasteiger partial charge in [-0.05, 0) is 6.07 Å². The number of hydrogen-bond donors (Lipinski definition) is 2. The molecule has 2 rings (SSSR count). The van der Waals surface area contributed by atoms with Crippen molar-refractivity contribution in [2.24, 2.45) is 5.92 Å². The number of amides is 1. The van der Waals surface area contributed by atoms with E-state index in [4.69, 9.17) is 11.6 Å². The van der Waals surface area contributed by atoms with Crippen LogP contribution in [0.4, 0.5) is 0 Å². The number of ether oxygens (including phenoxy) is 1. The topological polar surface area (TPSA) is 84.1 Å². The number of carbonyl (C=O) groups excluding carboxylic acids is 2. The third-order valence-corrected chi connectivity index (χ3v) is 3.53. The Morgan fingerprint density at radius 2 is 2.14 bits per heavy atom. The minimum absolute atomic E-state index is 0.179. The van der Waals surface area contributed by atoms with E-state index in [0.717, 1.165) is 0 Å². The normalized spacial score (nSPS) is 11.8. The van der Waals surface area contributed by atoms with Crippen LogP contribution in [0, 0.1) is 5.92 Å². The van der Waals surface area contributed by atoms with Crippen molar-refractivity contribution >= 4 is 23.5 Å². The van der Waals surface area contributed by atoms with Gasteiger partial charge in [0, 0.05) is 17.1 Å². The smallest absolute Gasteiger partial charge is 0.310 e. The summed E-state index contributed by atoms with van der Waals surface area (Å²) in [5.74, 6) is -1.14. The first-order chi connectivity index (χ1) is 10.5. The summed E-state index contributed by atoms with van der Waals surface area (Å²) < 4.78 is 4.62. The second kappa shape index (κ2) is 7.09. The Labute approximate surface area is 132 Å². The molecule has 2 N–H and O–H groups in total. The van der Waals surface area contributed by atoms with Crippen molar-refractivity contribution in [1.82, 2.24) is 15.5 Å². The molecule has 0 aliphatic heterocycles. The molecule has 0 saturated heterocycles. The number of benzene rings is 1. The van der Waals surface area contributed by atoms with Gasteiger partial charge in [-0.1, -0.05) is 36.7 Å². The fraction of sp³-hybridized carbons (Fsp3) is 0.267. The van der Waals surface area contributed by atoms with Gasteiger partial charge in [0.1, 0.15) is 0 Å². The molecule has 116 valence electrons. The summed E-state index contributed by atoms with van der Waals surface area (Å²) >= 11 is 6.14. The molecule has 0 spiro atoms. The Morgan fingerprint density at radius 1 is 1.41 bits per heavy atom. The first-order valence-corrected chi connectivity index (χ1v) is 7.06. The van der Waals surface area contributed by atoms with E-state index in [2.05, 4.69) is 20.3 Å². The van der Waals surface area contributed by atoms with Gasteiger partial charge in [0.05, 0.1) is 30.5 Å². The van der Waals surface area contributed by atoms with Crippen LogP contribution in [0.3, 0.4) is 0 Å². The van der Waals surface area contributed by atoms with Crippen LogP contribution in [0.15, 0.2) is 30.5 Å². The van der Waals surface area contributed by atoms with Crippen LogP contribution in [0.5, 0.6) is 0 Å². The summed E-state index contributed by atoms with van der Waals surface area (Å²) in [6.45, 7) is 1.86. The van der Waals surface area contributed by atoms with E-state index in [9.17, 15) is 9.59 Å². The van der Waals surface area contributed by atoms with Crippen molar-refractivity contribution in [1.29, 1.82) is 0 Å². The molecule has 22 heavy (non-hydrogen) atoms. The quantitative estimate of drug-likeness (QED) is 0.827. The number of nitrogens with one attached hydrogen (secondary N) is 2. The number of halogens is 1. The lowest BCUT2D eigenvalue weighted by atomic mass is 10.1. The van der Waals surface area contributed by atoms with Crippen LogP contribution in [0.1, 0.15) is 17.3 Å². The number of esters is 1. The minimum Gasteiger partial charge on any atom is -0.469 e. The van der Waals surface area contributed by atoms with E-state index < -0.39 is 5.92 Å². The maximum atomic E-state index is 12.3. The first-order valence-electron chi connectivity index (χ1n) is 6.69. The number of nitrogens with zero attached hydrogens (tertiary/aromatic N) is 1. The number of aromatic amines is 1. The van der Waals surface area contributed by atoms with Crippen LogP contribution in [0.2, 0.25) is 5.02 Å². The van der Waals surface area contributed by atoms with Gasteiger partial charge in [-0.2, -0.15) is 5.10 Å². The average molecular weight is 322 g/mol. The summed E-state index contributed by atoms with van der Waals surface area (Å²) in [5, 5.41) is 9.89. The molecular formula is C15H16ClN3O3. The highest BCUT2D eigenvalue weighted by molar-refractivity contribution is 6.33. The predicted octanol–water partition coefficient (Wildman–Crippen LogP) is 2.27. The van der Waals surface area contributed by atoms with Gasteiger partial charge in [0.15, 0.2) is 0 Å². The fourth-order valence-electron chi connectivity index (χ4n) is 1.95. The standard InChI is InChI=1S/C15H16ClN3O3/c1-9(15(21)22-2)7-17-14(20)11-8-18-19-13(11)10-5-3-4-6-12(10)16/h3-6,8-9H,7H2,1-2H3,(H,17,20)(H,18,19). The minimum atomic E-state index is -0.426. The van der Waals surface area contributed by atoms with Gasteiger partial charge in [0.25, 0.3) is 5.91 Å². The molecule has 2 aromatic rings. The Balaban J connectivity index is 2.14. The highest BCUT2D eigenvalue weighted by atomic mass is 35.5. The number of hydrogen-bond acceptors (Lipinski definition) is 4. The van der Waals surface area contributed by atoms with E-state index in [0.29, 0.717) is 21.8 Å². The Morgan fingerprint density at radius 3 is 2.82 bits per heavy atom. The van der Waals surface area contributed by atoms with Crippen molar-refractivity contribution in [3.05, 3.63) is 41.0 Å². The number of aromatic nitrogens is 2. The van der Waals surface area contributed by atoms with Crippen molar-refractivity contribution < 1.29 is 14.3 Å². The SMILES string of the molecule is COC(=O)C(C)CNC(=O)c1cn[nH]c1-c1ccccc1Cl. The first kappa shape index (κ1) is 16.0. The molecule has 0 aliphatic carbocycles. The Bertz CT molecular complexity index is 684. The van der Waals surface area contributed by atoms with Gasteiger partial charge in [-0.3, -0.25) is 14.7 Å². The molecule has 1 atom stereocenters. The number of rotatable bonds is 5. The second-order valence-electron chi connectivity index (χ2n) is 4.77. The molecule has 0 aliphatic rings. The summed E-state index contributed by atoms with van der Waals surface area (Å²) in [6, 6.07) is 7.16. The highest BCUT2D eigenvalue weighted by Gasteiger charge is 2.19. The van der Waals surface area contributed by atoms with Crippen molar-refractivity contribution in [2.75, 3.05) is 13.7 Å². The highest BCUT2D eigenvalue weighted by Crippen LogP contribution is 2.28. The molecule has 0 radical (unpaired) electrons. The van der Waals surface area contributed by atoms with Crippen LogP contribution in [-0.4, -0.2) is 35.7 Å².